The molecule has 1 aliphatic carbocycles. The molecule has 2 saturated heterocycles. The van der Waals surface area contributed by atoms with E-state index >= 15 is 0 Å². The number of fused-ring (bicyclic) bond motifs is 2. The maximum Gasteiger partial charge on any atom is 0.229 e. The summed E-state index contributed by atoms with van der Waals surface area (Å²) in [6.45, 7) is 3.75. The molecule has 2 aromatic carbocycles. The fraction of sp³-hybridized carbons (Fsp3) is 0.516. The number of aromatic hydroxyl groups is 2. The lowest BCUT2D eigenvalue weighted by Gasteiger charge is -2.46. The number of benzene rings is 2. The molecule has 5 rings (SSSR count). The first kappa shape index (κ1) is 33.7. The van der Waals surface area contributed by atoms with Crippen LogP contribution in [0.5, 0.6) is 17.2 Å². The van der Waals surface area contributed by atoms with Crippen LogP contribution in [0.4, 0.5) is 0 Å². The van der Waals surface area contributed by atoms with Gasteiger partial charge < -0.3 is 60.0 Å². The van der Waals surface area contributed by atoms with E-state index in [1.54, 1.807) is 0 Å². The third-order valence-corrected chi connectivity index (χ3v) is 8.34. The third kappa shape index (κ3) is 6.08. The number of aryl methyl sites for hydroxylation is 1. The summed E-state index contributed by atoms with van der Waals surface area (Å²) in [5.74, 6) is -2.83. The van der Waals surface area contributed by atoms with Gasteiger partial charge in [0.1, 0.15) is 53.8 Å². The lowest BCUT2D eigenvalue weighted by molar-refractivity contribution is -0.340. The number of hydrogen-bond acceptors (Lipinski definition) is 14. The minimum absolute atomic E-state index is 0.0113. The fourth-order valence-corrected chi connectivity index (χ4v) is 6.07. The Kier molecular flexibility index (Phi) is 9.68. The number of rotatable bonds is 8. The van der Waals surface area contributed by atoms with Gasteiger partial charge in [0.2, 0.25) is 12.2 Å². The lowest BCUT2D eigenvalue weighted by atomic mass is 9.80. The number of ether oxygens (including phenoxy) is 4. The zero-order valence-corrected chi connectivity index (χ0v) is 25.2. The van der Waals surface area contributed by atoms with Gasteiger partial charge in [-0.15, -0.1) is 0 Å². The highest BCUT2D eigenvalue weighted by Crippen LogP contribution is 2.39. The van der Waals surface area contributed by atoms with Crippen LogP contribution in [0.1, 0.15) is 64.6 Å². The Morgan fingerprint density at radius 3 is 2.24 bits per heavy atom. The van der Waals surface area contributed by atoms with Gasteiger partial charge >= 0.3 is 0 Å². The lowest BCUT2D eigenvalue weighted by Crippen LogP contribution is -2.67. The Hall–Kier alpha value is -3.67. The average molecular weight is 648 g/mol. The molecule has 2 aromatic rings. The zero-order chi connectivity index (χ0) is 33.6. The molecular weight excluding hydrogens is 610 g/mol. The summed E-state index contributed by atoms with van der Waals surface area (Å²) in [5, 5.41) is 75.3. The van der Waals surface area contributed by atoms with Crippen molar-refractivity contribution >= 4 is 17.5 Å². The second-order valence-electron chi connectivity index (χ2n) is 11.6. The van der Waals surface area contributed by atoms with Crippen molar-refractivity contribution < 1.29 is 69.1 Å². The first-order valence-electron chi connectivity index (χ1n) is 14.8. The molecule has 2 fully saturated rings. The molecule has 15 heteroatoms. The monoisotopic (exact) mass is 647 g/mol. The van der Waals surface area contributed by atoms with Crippen LogP contribution >= 0.6 is 0 Å². The summed E-state index contributed by atoms with van der Waals surface area (Å²) in [6, 6.07) is 3.45. The number of carbonyl (C=O) groups is 3. The van der Waals surface area contributed by atoms with E-state index in [0.717, 1.165) is 19.1 Å². The highest BCUT2D eigenvalue weighted by Gasteiger charge is 2.51. The molecule has 10 atom stereocenters. The van der Waals surface area contributed by atoms with Crippen molar-refractivity contribution in [3.05, 3.63) is 52.1 Å². The number of ketones is 2. The molecule has 0 radical (unpaired) electrons. The maximum absolute atomic E-state index is 13.6. The van der Waals surface area contributed by atoms with E-state index in [0.29, 0.717) is 18.4 Å². The first-order chi connectivity index (χ1) is 21.8. The second-order valence-corrected chi connectivity index (χ2v) is 11.6. The number of amides is 1. The smallest absolute Gasteiger partial charge is 0.229 e. The summed E-state index contributed by atoms with van der Waals surface area (Å²) in [5.41, 5.74) is -0.0157. The molecule has 0 bridgehead atoms. The fourth-order valence-electron chi connectivity index (χ4n) is 6.07. The van der Waals surface area contributed by atoms with Gasteiger partial charge in [0.15, 0.2) is 24.0 Å². The number of hydrogen-bond donors (Lipinski definition) is 8. The second kappa shape index (κ2) is 13.2. The van der Waals surface area contributed by atoms with Crippen LogP contribution in [0, 0.1) is 0 Å². The number of phenolic OH excluding ortho intramolecular Hbond substituents is 2. The van der Waals surface area contributed by atoms with Gasteiger partial charge in [-0.25, -0.2) is 0 Å². The zero-order valence-electron chi connectivity index (χ0n) is 25.2. The first-order valence-corrected chi connectivity index (χ1v) is 14.8. The molecule has 0 saturated carbocycles. The highest BCUT2D eigenvalue weighted by molar-refractivity contribution is 6.30. The van der Waals surface area contributed by atoms with Crippen molar-refractivity contribution in [1.29, 1.82) is 0 Å². The minimum Gasteiger partial charge on any atom is -0.508 e. The van der Waals surface area contributed by atoms with E-state index in [1.165, 1.54) is 19.1 Å². The number of aliphatic hydroxyl groups is 5. The average Bonchev–Trinajstić information content (AvgIpc) is 2.99. The van der Waals surface area contributed by atoms with E-state index in [9.17, 15) is 50.1 Å². The molecule has 3 aliphatic rings. The van der Waals surface area contributed by atoms with Crippen molar-refractivity contribution in [3.8, 4) is 17.2 Å². The number of aliphatic hydroxyl groups excluding tert-OH is 5. The molecular formula is C31H37NO14. The maximum atomic E-state index is 13.6. The Bertz CT molecular complexity index is 1510. The van der Waals surface area contributed by atoms with Crippen molar-refractivity contribution in [2.75, 3.05) is 6.61 Å². The van der Waals surface area contributed by atoms with Crippen LogP contribution in [0.2, 0.25) is 0 Å². The predicted octanol–water partition coefficient (Wildman–Crippen LogP) is -1.000. The van der Waals surface area contributed by atoms with Crippen LogP contribution in [0.15, 0.2) is 24.3 Å². The molecule has 1 amide bonds. The van der Waals surface area contributed by atoms with Gasteiger partial charge in [-0.2, -0.15) is 0 Å². The normalized spacial score (nSPS) is 32.4. The van der Waals surface area contributed by atoms with Crippen molar-refractivity contribution in [2.45, 2.75) is 95.0 Å². The van der Waals surface area contributed by atoms with Crippen molar-refractivity contribution in [2.24, 2.45) is 0 Å². The molecule has 1 unspecified atom stereocenters. The Balaban J connectivity index is 1.51. The minimum atomic E-state index is -1.68. The van der Waals surface area contributed by atoms with Gasteiger partial charge in [0.25, 0.3) is 0 Å². The standard InChI is InChI=1S/C31H37NO14/c1-4-5-13-6-15(9-17-20(13)26(40)21-16(24(17)38)7-14(35)8-18(21)36)44-31-29(28(42)23(37)11(2)43-31)46-30-22(32-12(3)34)27(41)25(39)19(10-33)45-30/h6-9,11,19,22-23,25,27-31,33,35-37,39,41-42H,4-5,10H2,1-3H3,(H,32,34)/t11-,19+,22+,23-,25+,27+,28+,29+,30?,31-/m0/s1. The molecule has 46 heavy (non-hydrogen) atoms. The predicted molar refractivity (Wildman–Crippen MR) is 154 cm³/mol. The highest BCUT2D eigenvalue weighted by atomic mass is 16.7. The van der Waals surface area contributed by atoms with E-state index in [1.807, 2.05) is 6.92 Å². The van der Waals surface area contributed by atoms with E-state index in [2.05, 4.69) is 5.32 Å². The van der Waals surface area contributed by atoms with Gasteiger partial charge in [-0.05, 0) is 37.1 Å². The Morgan fingerprint density at radius 2 is 1.59 bits per heavy atom. The summed E-state index contributed by atoms with van der Waals surface area (Å²) < 4.78 is 23.5. The number of phenols is 2. The number of carbonyl (C=O) groups excluding carboxylic acids is 3. The Labute approximate surface area is 262 Å². The van der Waals surface area contributed by atoms with Crippen LogP contribution in [-0.2, 0) is 25.4 Å². The molecule has 0 spiro atoms. The molecule has 2 heterocycles. The SMILES string of the molecule is CCCc1cc(O[C@@H]2O[C@@H](C)[C@H](O)[C@@H](O)[C@H]2OC2O[C@H](CO)[C@@H](O)[C@H](O)[C@H]2NC(C)=O)cc2c1C(=O)c1c(O)cc(O)cc1C2=O. The Morgan fingerprint density at radius 1 is 0.891 bits per heavy atom. The van der Waals surface area contributed by atoms with Crippen molar-refractivity contribution in [1.82, 2.24) is 5.32 Å². The third-order valence-electron chi connectivity index (χ3n) is 8.34. The molecule has 15 nitrogen and oxygen atoms in total. The summed E-state index contributed by atoms with van der Waals surface area (Å²) in [6.07, 6.45) is -12.5. The van der Waals surface area contributed by atoms with Crippen molar-refractivity contribution in [3.63, 3.8) is 0 Å². The summed E-state index contributed by atoms with van der Waals surface area (Å²) in [7, 11) is 0. The van der Waals surface area contributed by atoms with Gasteiger partial charge in [-0.1, -0.05) is 13.3 Å². The van der Waals surface area contributed by atoms with E-state index < -0.39 is 96.9 Å². The quantitative estimate of drug-likeness (QED) is 0.146. The largest absolute Gasteiger partial charge is 0.508 e. The molecule has 250 valence electrons. The number of nitrogens with one attached hydrogen (secondary N) is 1. The van der Waals surface area contributed by atoms with Gasteiger partial charge in [0, 0.05) is 29.7 Å². The van der Waals surface area contributed by atoms with Crippen LogP contribution in [0.25, 0.3) is 0 Å². The van der Waals surface area contributed by atoms with Crippen LogP contribution in [-0.4, -0.2) is 121 Å². The van der Waals surface area contributed by atoms with Crippen LogP contribution in [0.3, 0.4) is 0 Å². The van der Waals surface area contributed by atoms with Crippen LogP contribution < -0.4 is 10.1 Å². The molecule has 8 N–H and O–H groups in total. The van der Waals surface area contributed by atoms with E-state index in [-0.39, 0.29) is 28.0 Å². The van der Waals surface area contributed by atoms with E-state index in [4.69, 9.17) is 18.9 Å². The molecule has 0 aromatic heterocycles. The topological polar surface area (TPSA) is 242 Å². The van der Waals surface area contributed by atoms with Gasteiger partial charge in [-0.3, -0.25) is 14.4 Å². The summed E-state index contributed by atoms with van der Waals surface area (Å²) >= 11 is 0. The summed E-state index contributed by atoms with van der Waals surface area (Å²) in [4.78, 5) is 39.0. The molecule has 2 aliphatic heterocycles. The van der Waals surface area contributed by atoms with Gasteiger partial charge in [0.05, 0.1) is 18.3 Å².